The summed E-state index contributed by atoms with van der Waals surface area (Å²) < 4.78 is 5.05. The predicted octanol–water partition coefficient (Wildman–Crippen LogP) is 2.85. The number of ether oxygens (including phenoxy) is 1. The van der Waals surface area contributed by atoms with Crippen molar-refractivity contribution < 1.29 is 19.6 Å². The summed E-state index contributed by atoms with van der Waals surface area (Å²) in [6, 6.07) is 7.32. The van der Waals surface area contributed by atoms with Gasteiger partial charge in [-0.15, -0.1) is 0 Å². The van der Waals surface area contributed by atoms with Crippen LogP contribution in [-0.2, 0) is 0 Å². The number of carbonyl (C=O) groups is 1. The van der Waals surface area contributed by atoms with Crippen molar-refractivity contribution in [2.24, 2.45) is 0 Å². The number of carboxylic acids is 1. The van der Waals surface area contributed by atoms with E-state index in [0.29, 0.717) is 15.5 Å². The number of carboxylic acid groups (broad SMARTS) is 1. The number of aromatic nitrogens is 1. The molecule has 21 heavy (non-hydrogen) atoms. The van der Waals surface area contributed by atoms with E-state index in [9.17, 15) is 14.9 Å². The first-order chi connectivity index (χ1) is 10.0. The molecule has 0 aliphatic rings. The van der Waals surface area contributed by atoms with E-state index in [2.05, 4.69) is 4.98 Å². The Morgan fingerprint density at radius 2 is 2.14 bits per heavy atom. The largest absolute Gasteiger partial charge is 0.497 e. The van der Waals surface area contributed by atoms with Gasteiger partial charge in [0.05, 0.1) is 16.9 Å². The van der Waals surface area contributed by atoms with Crippen molar-refractivity contribution in [2.45, 2.75) is 9.79 Å². The first-order valence-corrected chi connectivity index (χ1v) is 6.52. The van der Waals surface area contributed by atoms with Gasteiger partial charge >= 0.3 is 5.97 Å². The van der Waals surface area contributed by atoms with E-state index in [1.54, 1.807) is 6.07 Å². The number of pyridine rings is 1. The highest BCUT2D eigenvalue weighted by Gasteiger charge is 2.16. The van der Waals surface area contributed by atoms with Gasteiger partial charge in [-0.2, -0.15) is 0 Å². The molecule has 108 valence electrons. The molecule has 0 aliphatic heterocycles. The molecule has 0 aliphatic carbocycles. The van der Waals surface area contributed by atoms with E-state index in [-0.39, 0.29) is 11.4 Å². The fourth-order valence-corrected chi connectivity index (χ4v) is 2.55. The smallest absolute Gasteiger partial charge is 0.354 e. The molecule has 2 rings (SSSR count). The summed E-state index contributed by atoms with van der Waals surface area (Å²) in [5.74, 6) is -0.673. The highest BCUT2D eigenvalue weighted by atomic mass is 32.2. The summed E-state index contributed by atoms with van der Waals surface area (Å²) >= 11 is 1.08. The number of nitro groups is 1. The van der Waals surface area contributed by atoms with Crippen molar-refractivity contribution in [3.63, 3.8) is 0 Å². The Bertz CT molecular complexity index is 705. The normalized spacial score (nSPS) is 10.1. The van der Waals surface area contributed by atoms with Crippen LogP contribution >= 0.6 is 11.8 Å². The third kappa shape index (κ3) is 3.48. The maximum Gasteiger partial charge on any atom is 0.354 e. The van der Waals surface area contributed by atoms with Gasteiger partial charge in [0.15, 0.2) is 0 Å². The van der Waals surface area contributed by atoms with Crippen LogP contribution in [0.1, 0.15) is 10.5 Å². The van der Waals surface area contributed by atoms with Gasteiger partial charge in [0.2, 0.25) is 0 Å². The summed E-state index contributed by atoms with van der Waals surface area (Å²) in [6.45, 7) is 0. The quantitative estimate of drug-likeness (QED) is 0.669. The lowest BCUT2D eigenvalue weighted by Gasteiger charge is -2.06. The molecular formula is C13H10N2O5S. The summed E-state index contributed by atoms with van der Waals surface area (Å²) in [7, 11) is 1.46. The second-order valence-electron chi connectivity index (χ2n) is 3.87. The van der Waals surface area contributed by atoms with E-state index in [1.807, 2.05) is 0 Å². The number of hydrogen-bond donors (Lipinski definition) is 1. The average molecular weight is 306 g/mol. The molecule has 1 N–H and O–H groups in total. The first-order valence-electron chi connectivity index (χ1n) is 5.71. The van der Waals surface area contributed by atoms with Crippen LogP contribution in [0.2, 0.25) is 0 Å². The predicted molar refractivity (Wildman–Crippen MR) is 75.0 cm³/mol. The fraction of sp³-hybridized carbons (Fsp3) is 0.0769. The maximum absolute atomic E-state index is 11.0. The van der Waals surface area contributed by atoms with Crippen LogP contribution in [0, 0.1) is 10.1 Å². The summed E-state index contributed by atoms with van der Waals surface area (Å²) in [5.41, 5.74) is -0.194. The molecule has 0 saturated carbocycles. The fourth-order valence-electron chi connectivity index (χ4n) is 1.57. The van der Waals surface area contributed by atoms with Crippen LogP contribution < -0.4 is 4.74 Å². The van der Waals surface area contributed by atoms with Crippen molar-refractivity contribution in [3.8, 4) is 5.75 Å². The third-order valence-electron chi connectivity index (χ3n) is 2.54. The molecule has 0 spiro atoms. The minimum Gasteiger partial charge on any atom is -0.497 e. The number of hydrogen-bond acceptors (Lipinski definition) is 6. The number of nitro benzene ring substituents is 1. The van der Waals surface area contributed by atoms with E-state index >= 15 is 0 Å². The molecule has 2 aromatic rings. The van der Waals surface area contributed by atoms with E-state index in [4.69, 9.17) is 9.84 Å². The maximum atomic E-state index is 11.0. The molecule has 0 atom stereocenters. The number of benzene rings is 1. The first kappa shape index (κ1) is 14.8. The minimum atomic E-state index is -1.16. The molecule has 0 fully saturated rings. The molecule has 7 nitrogen and oxygen atoms in total. The van der Waals surface area contributed by atoms with E-state index in [0.717, 1.165) is 11.8 Å². The Kier molecular flexibility index (Phi) is 4.39. The van der Waals surface area contributed by atoms with Gasteiger partial charge in [-0.25, -0.2) is 9.78 Å². The van der Waals surface area contributed by atoms with Crippen LogP contribution in [0.3, 0.4) is 0 Å². The molecule has 0 saturated heterocycles. The van der Waals surface area contributed by atoms with Crippen LogP contribution in [-0.4, -0.2) is 28.1 Å². The highest BCUT2D eigenvalue weighted by Crippen LogP contribution is 2.37. The van der Waals surface area contributed by atoms with E-state index < -0.39 is 10.9 Å². The Balaban J connectivity index is 2.40. The summed E-state index contributed by atoms with van der Waals surface area (Å²) in [5, 5.41) is 19.9. The zero-order valence-electron chi connectivity index (χ0n) is 10.8. The molecule has 8 heteroatoms. The monoisotopic (exact) mass is 306 g/mol. The average Bonchev–Trinajstić information content (AvgIpc) is 2.47. The van der Waals surface area contributed by atoms with Crippen LogP contribution in [0.15, 0.2) is 46.3 Å². The van der Waals surface area contributed by atoms with Crippen molar-refractivity contribution in [3.05, 3.63) is 52.3 Å². The summed E-state index contributed by atoms with van der Waals surface area (Å²) in [6.07, 6.45) is 1.35. The minimum absolute atomic E-state index is 0.0745. The van der Waals surface area contributed by atoms with Gasteiger partial charge in [-0.05, 0) is 18.2 Å². The molecule has 0 amide bonds. The van der Waals surface area contributed by atoms with Crippen LogP contribution in [0.25, 0.3) is 0 Å². The topological polar surface area (TPSA) is 103 Å². The van der Waals surface area contributed by atoms with Gasteiger partial charge in [0.25, 0.3) is 5.69 Å². The number of rotatable bonds is 5. The number of methoxy groups -OCH3 is 1. The zero-order chi connectivity index (χ0) is 15.4. The van der Waals surface area contributed by atoms with Crippen molar-refractivity contribution in [1.82, 2.24) is 4.98 Å². The Hall–Kier alpha value is -2.61. The van der Waals surface area contributed by atoms with Gasteiger partial charge < -0.3 is 9.84 Å². The molecule has 0 unspecified atom stereocenters. The molecule has 0 bridgehead atoms. The molecular weight excluding hydrogens is 296 g/mol. The lowest BCUT2D eigenvalue weighted by molar-refractivity contribution is -0.387. The van der Waals surface area contributed by atoms with Crippen molar-refractivity contribution in [2.75, 3.05) is 7.11 Å². The van der Waals surface area contributed by atoms with Gasteiger partial charge in [-0.3, -0.25) is 10.1 Å². The SMILES string of the molecule is COc1ccc([N+](=O)[O-])c(Sc2ccnc(C(=O)O)c2)c1. The lowest BCUT2D eigenvalue weighted by Crippen LogP contribution is -1.99. The Morgan fingerprint density at radius 1 is 1.38 bits per heavy atom. The van der Waals surface area contributed by atoms with Gasteiger partial charge in [0.1, 0.15) is 11.4 Å². The summed E-state index contributed by atoms with van der Waals surface area (Å²) in [4.78, 5) is 26.0. The van der Waals surface area contributed by atoms with Gasteiger partial charge in [0, 0.05) is 23.2 Å². The molecule has 0 radical (unpaired) electrons. The Labute approximate surface area is 123 Å². The lowest BCUT2D eigenvalue weighted by atomic mass is 10.3. The number of nitrogens with zero attached hydrogens (tertiary/aromatic N) is 2. The number of aromatic carboxylic acids is 1. The Morgan fingerprint density at radius 3 is 2.76 bits per heavy atom. The van der Waals surface area contributed by atoms with Crippen molar-refractivity contribution in [1.29, 1.82) is 0 Å². The molecule has 1 aromatic carbocycles. The second kappa shape index (κ2) is 6.23. The zero-order valence-corrected chi connectivity index (χ0v) is 11.7. The standard InChI is InChI=1S/C13H10N2O5S/c1-20-8-2-3-11(15(18)19)12(6-8)21-9-4-5-14-10(7-9)13(16)17/h2-7H,1H3,(H,16,17). The van der Waals surface area contributed by atoms with Crippen LogP contribution in [0.5, 0.6) is 5.75 Å². The molecule has 1 heterocycles. The van der Waals surface area contributed by atoms with E-state index in [1.165, 1.54) is 37.6 Å². The highest BCUT2D eigenvalue weighted by molar-refractivity contribution is 7.99. The third-order valence-corrected chi connectivity index (χ3v) is 3.58. The van der Waals surface area contributed by atoms with Gasteiger partial charge in [-0.1, -0.05) is 11.8 Å². The van der Waals surface area contributed by atoms with Crippen molar-refractivity contribution >= 4 is 23.4 Å². The molecule has 1 aromatic heterocycles. The van der Waals surface area contributed by atoms with Crippen LogP contribution in [0.4, 0.5) is 5.69 Å². The second-order valence-corrected chi connectivity index (χ2v) is 4.99.